The van der Waals surface area contributed by atoms with E-state index < -0.39 is 0 Å². The Hall–Kier alpha value is -0.420. The molecule has 1 aromatic heterocycles. The molecular formula is C17H30N2OS. The van der Waals surface area contributed by atoms with E-state index in [0.717, 1.165) is 38.7 Å². The Morgan fingerprint density at radius 2 is 2.14 bits per heavy atom. The van der Waals surface area contributed by atoms with Crippen molar-refractivity contribution < 1.29 is 4.74 Å². The molecule has 4 heteroatoms. The van der Waals surface area contributed by atoms with Crippen molar-refractivity contribution >= 4 is 11.3 Å². The molecule has 1 atom stereocenters. The van der Waals surface area contributed by atoms with Crippen LogP contribution in [0.4, 0.5) is 0 Å². The number of rotatable bonds is 11. The molecule has 120 valence electrons. The zero-order valence-corrected chi connectivity index (χ0v) is 14.5. The van der Waals surface area contributed by atoms with Crippen molar-refractivity contribution in [3.63, 3.8) is 0 Å². The van der Waals surface area contributed by atoms with Gasteiger partial charge in [0.15, 0.2) is 0 Å². The highest BCUT2D eigenvalue weighted by Crippen LogP contribution is 2.35. The Labute approximate surface area is 133 Å². The fourth-order valence-corrected chi connectivity index (χ4v) is 3.72. The summed E-state index contributed by atoms with van der Waals surface area (Å²) in [5.74, 6) is 0.910. The van der Waals surface area contributed by atoms with Crippen LogP contribution in [0.1, 0.15) is 42.9 Å². The predicted molar refractivity (Wildman–Crippen MR) is 90.8 cm³/mol. The van der Waals surface area contributed by atoms with E-state index in [4.69, 9.17) is 4.74 Å². The van der Waals surface area contributed by atoms with Gasteiger partial charge in [-0.2, -0.15) is 0 Å². The fourth-order valence-electron chi connectivity index (χ4n) is 2.70. The highest BCUT2D eigenvalue weighted by Gasteiger charge is 2.31. The van der Waals surface area contributed by atoms with Gasteiger partial charge in [-0.15, -0.1) is 11.3 Å². The molecule has 1 aliphatic carbocycles. The maximum atomic E-state index is 5.28. The van der Waals surface area contributed by atoms with Crippen LogP contribution in [0.3, 0.4) is 0 Å². The van der Waals surface area contributed by atoms with E-state index in [1.807, 2.05) is 11.3 Å². The number of hydrogen-bond acceptors (Lipinski definition) is 4. The van der Waals surface area contributed by atoms with Crippen LogP contribution in [0, 0.1) is 5.92 Å². The summed E-state index contributed by atoms with van der Waals surface area (Å²) in [6.07, 6.45) is 4.00. The third-order valence-electron chi connectivity index (χ3n) is 4.27. The molecule has 0 saturated heterocycles. The van der Waals surface area contributed by atoms with E-state index in [1.165, 1.54) is 29.0 Å². The molecule has 1 unspecified atom stereocenters. The van der Waals surface area contributed by atoms with E-state index in [0.29, 0.717) is 6.04 Å². The minimum Gasteiger partial charge on any atom is -0.383 e. The molecule has 3 nitrogen and oxygen atoms in total. The van der Waals surface area contributed by atoms with Gasteiger partial charge < -0.3 is 10.1 Å². The van der Waals surface area contributed by atoms with Crippen molar-refractivity contribution in [3.05, 3.63) is 21.9 Å². The first-order chi connectivity index (χ1) is 10.2. The maximum absolute atomic E-state index is 5.28. The highest BCUT2D eigenvalue weighted by molar-refractivity contribution is 7.11. The SMILES string of the molecule is CCCNCc1ccc(CN(CCOC)C(C)C2CC2)s1. The minimum absolute atomic E-state index is 0.684. The Balaban J connectivity index is 1.86. The molecule has 0 bridgehead atoms. The largest absolute Gasteiger partial charge is 0.383 e. The molecule has 1 fully saturated rings. The molecule has 0 spiro atoms. The Kier molecular flexibility index (Phi) is 7.17. The van der Waals surface area contributed by atoms with Crippen molar-refractivity contribution in [1.82, 2.24) is 10.2 Å². The third kappa shape index (κ3) is 5.70. The zero-order valence-electron chi connectivity index (χ0n) is 13.7. The van der Waals surface area contributed by atoms with Gasteiger partial charge in [-0.25, -0.2) is 0 Å². The monoisotopic (exact) mass is 310 g/mol. The lowest BCUT2D eigenvalue weighted by Crippen LogP contribution is -2.36. The van der Waals surface area contributed by atoms with Gasteiger partial charge in [-0.3, -0.25) is 4.90 Å². The van der Waals surface area contributed by atoms with E-state index >= 15 is 0 Å². The summed E-state index contributed by atoms with van der Waals surface area (Å²) < 4.78 is 5.28. The second-order valence-corrected chi connectivity index (χ2v) is 7.34. The summed E-state index contributed by atoms with van der Waals surface area (Å²) >= 11 is 1.95. The topological polar surface area (TPSA) is 24.5 Å². The molecule has 0 aromatic carbocycles. The van der Waals surface area contributed by atoms with Crippen molar-refractivity contribution in [2.45, 2.75) is 52.2 Å². The molecule has 0 radical (unpaired) electrons. The molecule has 2 rings (SSSR count). The van der Waals surface area contributed by atoms with Crippen LogP contribution in [0.5, 0.6) is 0 Å². The third-order valence-corrected chi connectivity index (χ3v) is 5.34. The van der Waals surface area contributed by atoms with Crippen LogP contribution in [0.2, 0.25) is 0 Å². The zero-order chi connectivity index (χ0) is 15.1. The summed E-state index contributed by atoms with van der Waals surface area (Å²) in [5.41, 5.74) is 0. The van der Waals surface area contributed by atoms with E-state index in [-0.39, 0.29) is 0 Å². The van der Waals surface area contributed by atoms with E-state index in [9.17, 15) is 0 Å². The highest BCUT2D eigenvalue weighted by atomic mass is 32.1. The van der Waals surface area contributed by atoms with E-state index in [1.54, 1.807) is 7.11 Å². The molecule has 1 heterocycles. The minimum atomic E-state index is 0.684. The molecule has 1 saturated carbocycles. The van der Waals surface area contributed by atoms with Crippen molar-refractivity contribution in [2.24, 2.45) is 5.92 Å². The van der Waals surface area contributed by atoms with Gasteiger partial charge in [-0.05, 0) is 50.8 Å². The smallest absolute Gasteiger partial charge is 0.0589 e. The molecule has 0 amide bonds. The number of hydrogen-bond donors (Lipinski definition) is 1. The van der Waals surface area contributed by atoms with Crippen molar-refractivity contribution in [3.8, 4) is 0 Å². The van der Waals surface area contributed by atoms with Gasteiger partial charge in [0.05, 0.1) is 6.61 Å². The summed E-state index contributed by atoms with van der Waals surface area (Å²) in [4.78, 5) is 5.52. The predicted octanol–water partition coefficient (Wildman–Crippen LogP) is 3.49. The van der Waals surface area contributed by atoms with Crippen molar-refractivity contribution in [1.29, 1.82) is 0 Å². The number of thiophene rings is 1. The van der Waals surface area contributed by atoms with Crippen LogP contribution >= 0.6 is 11.3 Å². The lowest BCUT2D eigenvalue weighted by molar-refractivity contribution is 0.112. The summed E-state index contributed by atoms with van der Waals surface area (Å²) in [6, 6.07) is 5.26. The average molecular weight is 311 g/mol. The lowest BCUT2D eigenvalue weighted by atomic mass is 10.2. The van der Waals surface area contributed by atoms with Crippen LogP contribution in [-0.4, -0.2) is 37.7 Å². The maximum Gasteiger partial charge on any atom is 0.0589 e. The standard InChI is InChI=1S/C17H30N2OS/c1-4-9-18-12-16-7-8-17(21-16)13-19(10-11-20-3)14(2)15-5-6-15/h7-8,14-15,18H,4-6,9-13H2,1-3H3. The van der Waals surface area contributed by atoms with Gasteiger partial charge in [0.25, 0.3) is 0 Å². The lowest BCUT2D eigenvalue weighted by Gasteiger charge is -2.28. The Morgan fingerprint density at radius 3 is 2.81 bits per heavy atom. The average Bonchev–Trinajstić information content (AvgIpc) is 3.24. The molecule has 1 N–H and O–H groups in total. The van der Waals surface area contributed by atoms with Crippen LogP contribution in [0.15, 0.2) is 12.1 Å². The molecule has 0 aliphatic heterocycles. The number of nitrogens with zero attached hydrogens (tertiary/aromatic N) is 1. The summed E-state index contributed by atoms with van der Waals surface area (Å²) in [6.45, 7) is 9.63. The van der Waals surface area contributed by atoms with Gasteiger partial charge in [0.1, 0.15) is 0 Å². The van der Waals surface area contributed by atoms with Gasteiger partial charge in [0, 0.05) is 42.5 Å². The number of nitrogens with one attached hydrogen (secondary N) is 1. The second kappa shape index (κ2) is 8.89. The quantitative estimate of drug-likeness (QED) is 0.633. The van der Waals surface area contributed by atoms with Gasteiger partial charge >= 0.3 is 0 Å². The molecule has 1 aromatic rings. The number of ether oxygens (including phenoxy) is 1. The normalized spacial score (nSPS) is 16.6. The Morgan fingerprint density at radius 1 is 1.38 bits per heavy atom. The fraction of sp³-hybridized carbons (Fsp3) is 0.765. The first-order valence-electron chi connectivity index (χ1n) is 8.26. The first-order valence-corrected chi connectivity index (χ1v) is 9.07. The van der Waals surface area contributed by atoms with Gasteiger partial charge in [0.2, 0.25) is 0 Å². The summed E-state index contributed by atoms with van der Waals surface area (Å²) in [5, 5.41) is 3.48. The van der Waals surface area contributed by atoms with Gasteiger partial charge in [-0.1, -0.05) is 6.92 Å². The Bertz CT molecular complexity index is 403. The second-order valence-electron chi connectivity index (χ2n) is 6.09. The van der Waals surface area contributed by atoms with Crippen LogP contribution in [-0.2, 0) is 17.8 Å². The van der Waals surface area contributed by atoms with E-state index in [2.05, 4.69) is 36.2 Å². The molecular weight excluding hydrogens is 280 g/mol. The van der Waals surface area contributed by atoms with Crippen molar-refractivity contribution in [2.75, 3.05) is 26.8 Å². The van der Waals surface area contributed by atoms with Crippen LogP contribution in [0.25, 0.3) is 0 Å². The molecule has 1 aliphatic rings. The molecule has 21 heavy (non-hydrogen) atoms. The summed E-state index contributed by atoms with van der Waals surface area (Å²) in [7, 11) is 1.79. The van der Waals surface area contributed by atoms with Crippen LogP contribution < -0.4 is 5.32 Å². The number of methoxy groups -OCH3 is 1. The first kappa shape index (κ1) is 16.9.